The van der Waals surface area contributed by atoms with Crippen molar-refractivity contribution in [2.45, 2.75) is 78.1 Å². The first-order valence-corrected chi connectivity index (χ1v) is 7.53. The van der Waals surface area contributed by atoms with Crippen molar-refractivity contribution >= 4 is 5.97 Å². The highest BCUT2D eigenvalue weighted by molar-refractivity contribution is 5.66. The van der Waals surface area contributed by atoms with E-state index in [4.69, 9.17) is 5.11 Å². The van der Waals surface area contributed by atoms with Gasteiger partial charge < -0.3 is 5.11 Å². The van der Waals surface area contributed by atoms with Crippen molar-refractivity contribution < 1.29 is 9.90 Å². The Bertz CT molecular complexity index is 221. The van der Waals surface area contributed by atoms with Crippen LogP contribution in [0.1, 0.15) is 78.1 Å². The fourth-order valence-corrected chi connectivity index (χ4v) is 1.86. The molecule has 0 aliphatic carbocycles. The van der Waals surface area contributed by atoms with Crippen LogP contribution in [0.15, 0.2) is 12.2 Å². The molecule has 0 saturated carbocycles. The molecule has 0 amide bonds. The van der Waals surface area contributed by atoms with Gasteiger partial charge in [-0.3, -0.25) is 4.79 Å². The number of carboxylic acids is 1. The molecule has 0 fully saturated rings. The van der Waals surface area contributed by atoms with Gasteiger partial charge in [0.15, 0.2) is 0 Å². The van der Waals surface area contributed by atoms with Crippen LogP contribution in [0.5, 0.6) is 0 Å². The Morgan fingerprint density at radius 1 is 1.06 bits per heavy atom. The second-order valence-electron chi connectivity index (χ2n) is 5.27. The van der Waals surface area contributed by atoms with Gasteiger partial charge in [-0.2, -0.15) is 0 Å². The summed E-state index contributed by atoms with van der Waals surface area (Å²) in [5.74, 6) is 0.150. The highest BCUT2D eigenvalue weighted by Gasteiger charge is 1.96. The molecule has 1 atom stereocenters. The predicted molar refractivity (Wildman–Crippen MR) is 77.8 cm³/mol. The number of rotatable bonds is 12. The molecule has 0 aromatic carbocycles. The summed E-state index contributed by atoms with van der Waals surface area (Å²) in [5.41, 5.74) is 0. The topological polar surface area (TPSA) is 37.3 Å². The Morgan fingerprint density at radius 2 is 1.67 bits per heavy atom. The van der Waals surface area contributed by atoms with Crippen molar-refractivity contribution in [1.82, 2.24) is 0 Å². The number of unbranched alkanes of at least 4 members (excludes halogenated alkanes) is 6. The average molecular weight is 254 g/mol. The quantitative estimate of drug-likeness (QED) is 0.384. The molecule has 0 aliphatic heterocycles. The van der Waals surface area contributed by atoms with E-state index >= 15 is 0 Å². The van der Waals surface area contributed by atoms with E-state index in [1.807, 2.05) is 0 Å². The summed E-state index contributed by atoms with van der Waals surface area (Å²) in [4.78, 5) is 10.3. The van der Waals surface area contributed by atoms with Gasteiger partial charge in [-0.1, -0.05) is 58.1 Å². The summed E-state index contributed by atoms with van der Waals surface area (Å²) in [6, 6.07) is 0. The van der Waals surface area contributed by atoms with Crippen molar-refractivity contribution in [3.8, 4) is 0 Å². The Kier molecular flexibility index (Phi) is 12.1. The molecule has 0 unspecified atom stereocenters. The molecular weight excluding hydrogens is 224 g/mol. The molecule has 0 aromatic heterocycles. The molecule has 2 nitrogen and oxygen atoms in total. The van der Waals surface area contributed by atoms with Crippen LogP contribution in [0.4, 0.5) is 0 Å². The summed E-state index contributed by atoms with van der Waals surface area (Å²) in [7, 11) is 0. The van der Waals surface area contributed by atoms with Crippen molar-refractivity contribution in [3.63, 3.8) is 0 Å². The lowest BCUT2D eigenvalue weighted by Crippen LogP contribution is -1.93. The Morgan fingerprint density at radius 3 is 2.28 bits per heavy atom. The fourth-order valence-electron chi connectivity index (χ4n) is 1.86. The smallest absolute Gasteiger partial charge is 0.303 e. The largest absolute Gasteiger partial charge is 0.481 e. The average Bonchev–Trinajstić information content (AvgIpc) is 2.35. The van der Waals surface area contributed by atoms with Crippen LogP contribution in [-0.2, 0) is 4.79 Å². The number of hydrogen-bond donors (Lipinski definition) is 1. The second-order valence-corrected chi connectivity index (χ2v) is 5.27. The maximum absolute atomic E-state index is 10.3. The van der Waals surface area contributed by atoms with E-state index < -0.39 is 5.97 Å². The highest BCUT2D eigenvalue weighted by atomic mass is 16.4. The van der Waals surface area contributed by atoms with Crippen molar-refractivity contribution in [2.75, 3.05) is 0 Å². The first kappa shape index (κ1) is 17.2. The van der Waals surface area contributed by atoms with E-state index in [0.29, 0.717) is 6.42 Å². The van der Waals surface area contributed by atoms with E-state index in [1.165, 1.54) is 44.9 Å². The van der Waals surface area contributed by atoms with Gasteiger partial charge in [0.1, 0.15) is 0 Å². The minimum atomic E-state index is -0.665. The summed E-state index contributed by atoms with van der Waals surface area (Å²) < 4.78 is 0. The van der Waals surface area contributed by atoms with Gasteiger partial charge in [-0.05, 0) is 31.6 Å². The van der Waals surface area contributed by atoms with E-state index in [0.717, 1.165) is 18.8 Å². The molecule has 0 saturated heterocycles. The van der Waals surface area contributed by atoms with Gasteiger partial charge in [-0.25, -0.2) is 0 Å². The molecule has 1 N–H and O–H groups in total. The zero-order valence-electron chi connectivity index (χ0n) is 12.2. The summed E-state index contributed by atoms with van der Waals surface area (Å²) in [6.07, 6.45) is 15.5. The SMILES string of the molecule is CC[C@H](C)C/C=C\CCCCCCCCC(=O)O. The Balaban J connectivity index is 3.14. The molecule has 0 bridgehead atoms. The van der Waals surface area contributed by atoms with Crippen LogP contribution in [-0.4, -0.2) is 11.1 Å². The normalized spacial score (nSPS) is 13.0. The lowest BCUT2D eigenvalue weighted by molar-refractivity contribution is -0.137. The van der Waals surface area contributed by atoms with Crippen LogP contribution in [0.2, 0.25) is 0 Å². The van der Waals surface area contributed by atoms with Crippen molar-refractivity contribution in [1.29, 1.82) is 0 Å². The molecule has 2 heteroatoms. The molecule has 18 heavy (non-hydrogen) atoms. The van der Waals surface area contributed by atoms with Crippen LogP contribution >= 0.6 is 0 Å². The highest BCUT2D eigenvalue weighted by Crippen LogP contribution is 2.10. The van der Waals surface area contributed by atoms with Gasteiger partial charge in [-0.15, -0.1) is 0 Å². The molecule has 0 heterocycles. The molecular formula is C16H30O2. The first-order chi connectivity index (χ1) is 8.66. The lowest BCUT2D eigenvalue weighted by atomic mass is 10.0. The third kappa shape index (κ3) is 13.3. The van der Waals surface area contributed by atoms with E-state index in [-0.39, 0.29) is 0 Å². The second kappa shape index (κ2) is 12.7. The number of aliphatic carboxylic acids is 1. The maximum atomic E-state index is 10.3. The first-order valence-electron chi connectivity index (χ1n) is 7.53. The lowest BCUT2D eigenvalue weighted by Gasteiger charge is -2.02. The zero-order valence-corrected chi connectivity index (χ0v) is 12.2. The van der Waals surface area contributed by atoms with E-state index in [2.05, 4.69) is 26.0 Å². The van der Waals surface area contributed by atoms with Crippen LogP contribution in [0.3, 0.4) is 0 Å². The summed E-state index contributed by atoms with van der Waals surface area (Å²) >= 11 is 0. The number of carbonyl (C=O) groups is 1. The van der Waals surface area contributed by atoms with Crippen LogP contribution in [0, 0.1) is 5.92 Å². The summed E-state index contributed by atoms with van der Waals surface area (Å²) in [6.45, 7) is 4.53. The Hall–Kier alpha value is -0.790. The fraction of sp³-hybridized carbons (Fsp3) is 0.812. The van der Waals surface area contributed by atoms with Gasteiger partial charge in [0.25, 0.3) is 0 Å². The molecule has 0 rings (SSSR count). The van der Waals surface area contributed by atoms with Crippen molar-refractivity contribution in [2.24, 2.45) is 5.92 Å². The van der Waals surface area contributed by atoms with Gasteiger partial charge in [0.2, 0.25) is 0 Å². The van der Waals surface area contributed by atoms with Crippen LogP contribution < -0.4 is 0 Å². The predicted octanol–water partition coefficient (Wildman–Crippen LogP) is 5.18. The molecule has 0 radical (unpaired) electrons. The van der Waals surface area contributed by atoms with Crippen LogP contribution in [0.25, 0.3) is 0 Å². The standard InChI is InChI=1S/C16H30O2/c1-3-15(2)13-11-9-7-5-4-6-8-10-12-14-16(17)18/h9,11,15H,3-8,10,12-14H2,1-2H3,(H,17,18)/b11-9-/t15-/m0/s1. The maximum Gasteiger partial charge on any atom is 0.303 e. The molecule has 0 aliphatic rings. The third-order valence-corrected chi connectivity index (χ3v) is 3.41. The van der Waals surface area contributed by atoms with Gasteiger partial charge in [0.05, 0.1) is 0 Å². The minimum Gasteiger partial charge on any atom is -0.481 e. The number of carboxylic acid groups (broad SMARTS) is 1. The summed E-state index contributed by atoms with van der Waals surface area (Å²) in [5, 5.41) is 8.49. The van der Waals surface area contributed by atoms with Gasteiger partial charge in [0, 0.05) is 6.42 Å². The Labute approximate surface area is 112 Å². The monoisotopic (exact) mass is 254 g/mol. The van der Waals surface area contributed by atoms with Crippen molar-refractivity contribution in [3.05, 3.63) is 12.2 Å². The number of allylic oxidation sites excluding steroid dienone is 2. The number of hydrogen-bond acceptors (Lipinski definition) is 1. The molecule has 0 spiro atoms. The van der Waals surface area contributed by atoms with E-state index in [1.54, 1.807) is 0 Å². The van der Waals surface area contributed by atoms with Gasteiger partial charge >= 0.3 is 5.97 Å². The zero-order chi connectivity index (χ0) is 13.6. The van der Waals surface area contributed by atoms with E-state index in [9.17, 15) is 4.79 Å². The third-order valence-electron chi connectivity index (χ3n) is 3.41. The minimum absolute atomic E-state index is 0.332. The molecule has 106 valence electrons. The molecule has 0 aromatic rings.